The zero-order valence-corrected chi connectivity index (χ0v) is 15.9. The van der Waals surface area contributed by atoms with Gasteiger partial charge in [0, 0.05) is 45.3 Å². The van der Waals surface area contributed by atoms with E-state index in [1.807, 2.05) is 0 Å². The molecule has 0 saturated carbocycles. The van der Waals surface area contributed by atoms with Crippen LogP contribution in [0, 0.1) is 11.6 Å². The Morgan fingerprint density at radius 2 is 1.93 bits per heavy atom. The van der Waals surface area contributed by atoms with Gasteiger partial charge in [-0.05, 0) is 12.1 Å². The third-order valence-corrected chi connectivity index (χ3v) is 6.22. The standard InChI is InChI=1S/C17H23F2N3O4S/c1-27(24,25)22(5-4-20-6-8-26-9-7-20)14-11-21(12-14)17(23)15-3-2-13(18)10-16(15)19/h2-3,10,14H,4-9,11-12H2,1H3. The maximum absolute atomic E-state index is 13.8. The van der Waals surface area contributed by atoms with E-state index in [0.29, 0.717) is 32.4 Å². The van der Waals surface area contributed by atoms with E-state index in [2.05, 4.69) is 4.90 Å². The number of morpholine rings is 1. The molecule has 0 unspecified atom stereocenters. The van der Waals surface area contributed by atoms with E-state index in [9.17, 15) is 22.0 Å². The summed E-state index contributed by atoms with van der Waals surface area (Å²) in [5.41, 5.74) is -0.214. The fourth-order valence-electron chi connectivity index (χ4n) is 3.32. The van der Waals surface area contributed by atoms with Gasteiger partial charge in [-0.2, -0.15) is 4.31 Å². The second-order valence-electron chi connectivity index (χ2n) is 6.82. The third kappa shape index (κ3) is 4.81. The van der Waals surface area contributed by atoms with Gasteiger partial charge in [-0.25, -0.2) is 17.2 Å². The van der Waals surface area contributed by atoms with Gasteiger partial charge >= 0.3 is 0 Å². The Hall–Kier alpha value is -1.62. The molecule has 0 spiro atoms. The van der Waals surface area contributed by atoms with Crippen LogP contribution >= 0.6 is 0 Å². The second kappa shape index (κ2) is 8.17. The van der Waals surface area contributed by atoms with Gasteiger partial charge in [0.15, 0.2) is 0 Å². The number of sulfonamides is 1. The first-order chi connectivity index (χ1) is 12.8. The number of ether oxygens (including phenoxy) is 1. The van der Waals surface area contributed by atoms with E-state index in [1.165, 1.54) is 9.21 Å². The Labute approximate surface area is 157 Å². The van der Waals surface area contributed by atoms with Crippen molar-refractivity contribution in [2.45, 2.75) is 6.04 Å². The first-order valence-corrected chi connectivity index (χ1v) is 10.6. The van der Waals surface area contributed by atoms with Crippen molar-refractivity contribution in [3.05, 3.63) is 35.4 Å². The smallest absolute Gasteiger partial charge is 0.256 e. The summed E-state index contributed by atoms with van der Waals surface area (Å²) >= 11 is 0. The lowest BCUT2D eigenvalue weighted by atomic mass is 10.1. The number of hydrogen-bond donors (Lipinski definition) is 0. The van der Waals surface area contributed by atoms with Crippen LogP contribution in [0.2, 0.25) is 0 Å². The fourth-order valence-corrected chi connectivity index (χ4v) is 4.41. The van der Waals surface area contributed by atoms with Gasteiger partial charge in [-0.1, -0.05) is 0 Å². The highest BCUT2D eigenvalue weighted by atomic mass is 32.2. The van der Waals surface area contributed by atoms with E-state index in [1.54, 1.807) is 0 Å². The lowest BCUT2D eigenvalue weighted by Crippen LogP contribution is -2.63. The molecule has 150 valence electrons. The summed E-state index contributed by atoms with van der Waals surface area (Å²) < 4.78 is 57.8. The average molecular weight is 403 g/mol. The normalized spacial score (nSPS) is 19.3. The molecule has 1 aromatic rings. The minimum Gasteiger partial charge on any atom is -0.379 e. The maximum atomic E-state index is 13.8. The Kier molecular flexibility index (Phi) is 6.09. The van der Waals surface area contributed by atoms with Crippen LogP contribution in [0.25, 0.3) is 0 Å². The monoisotopic (exact) mass is 403 g/mol. The number of nitrogens with zero attached hydrogens (tertiary/aromatic N) is 3. The van der Waals surface area contributed by atoms with Crippen LogP contribution in [0.4, 0.5) is 8.78 Å². The maximum Gasteiger partial charge on any atom is 0.256 e. The summed E-state index contributed by atoms with van der Waals surface area (Å²) in [5, 5.41) is 0. The molecule has 1 aromatic carbocycles. The predicted octanol–water partition coefficient (Wildman–Crippen LogP) is 0.383. The van der Waals surface area contributed by atoms with Gasteiger partial charge in [-0.15, -0.1) is 0 Å². The molecule has 0 bridgehead atoms. The van der Waals surface area contributed by atoms with E-state index in [4.69, 9.17) is 4.74 Å². The number of rotatable bonds is 6. The van der Waals surface area contributed by atoms with Gasteiger partial charge in [0.2, 0.25) is 10.0 Å². The van der Waals surface area contributed by atoms with E-state index in [0.717, 1.165) is 31.5 Å². The van der Waals surface area contributed by atoms with Crippen LogP contribution in [0.15, 0.2) is 18.2 Å². The van der Waals surface area contributed by atoms with Gasteiger partial charge in [0.1, 0.15) is 11.6 Å². The summed E-state index contributed by atoms with van der Waals surface area (Å²) in [5.74, 6) is -2.24. The molecule has 3 rings (SSSR count). The highest BCUT2D eigenvalue weighted by Gasteiger charge is 2.39. The highest BCUT2D eigenvalue weighted by Crippen LogP contribution is 2.22. The van der Waals surface area contributed by atoms with Crippen molar-refractivity contribution in [2.75, 3.05) is 58.7 Å². The summed E-state index contributed by atoms with van der Waals surface area (Å²) in [4.78, 5) is 15.9. The molecule has 0 aromatic heterocycles. The minimum atomic E-state index is -3.44. The second-order valence-corrected chi connectivity index (χ2v) is 8.75. The molecular weight excluding hydrogens is 380 g/mol. The molecular formula is C17H23F2N3O4S. The topological polar surface area (TPSA) is 70.2 Å². The number of hydrogen-bond acceptors (Lipinski definition) is 5. The molecule has 2 aliphatic rings. The zero-order chi connectivity index (χ0) is 19.6. The largest absolute Gasteiger partial charge is 0.379 e. The minimum absolute atomic E-state index is 0.186. The van der Waals surface area contributed by atoms with Crippen LogP contribution in [-0.2, 0) is 14.8 Å². The quantitative estimate of drug-likeness (QED) is 0.687. The molecule has 0 aliphatic carbocycles. The predicted molar refractivity (Wildman–Crippen MR) is 94.9 cm³/mol. The van der Waals surface area contributed by atoms with Crippen LogP contribution in [0.5, 0.6) is 0 Å². The number of halogens is 2. The Balaban J connectivity index is 1.59. The van der Waals surface area contributed by atoms with Crippen molar-refractivity contribution < 1.29 is 26.7 Å². The number of carbonyl (C=O) groups excluding carboxylic acids is 1. The average Bonchev–Trinajstić information content (AvgIpc) is 2.56. The summed E-state index contributed by atoms with van der Waals surface area (Å²) in [7, 11) is -3.44. The van der Waals surface area contributed by atoms with Crippen molar-refractivity contribution in [3.63, 3.8) is 0 Å². The molecule has 1 amide bonds. The van der Waals surface area contributed by atoms with E-state index in [-0.39, 0.29) is 24.7 Å². The van der Waals surface area contributed by atoms with Crippen LogP contribution in [0.1, 0.15) is 10.4 Å². The van der Waals surface area contributed by atoms with Gasteiger partial charge < -0.3 is 9.64 Å². The number of carbonyl (C=O) groups is 1. The van der Waals surface area contributed by atoms with Gasteiger partial charge in [0.25, 0.3) is 5.91 Å². The van der Waals surface area contributed by atoms with Gasteiger partial charge in [0.05, 0.1) is 31.1 Å². The molecule has 0 atom stereocenters. The molecule has 0 N–H and O–H groups in total. The molecule has 2 aliphatic heterocycles. The molecule has 0 radical (unpaired) electrons. The highest BCUT2D eigenvalue weighted by molar-refractivity contribution is 7.88. The third-order valence-electron chi connectivity index (χ3n) is 4.88. The van der Waals surface area contributed by atoms with E-state index >= 15 is 0 Å². The van der Waals surface area contributed by atoms with Crippen molar-refractivity contribution in [2.24, 2.45) is 0 Å². The lowest BCUT2D eigenvalue weighted by Gasteiger charge is -2.44. The van der Waals surface area contributed by atoms with Crippen LogP contribution < -0.4 is 0 Å². The number of amides is 1. The van der Waals surface area contributed by atoms with Crippen molar-refractivity contribution in [3.8, 4) is 0 Å². The SMILES string of the molecule is CS(=O)(=O)N(CCN1CCOCC1)C1CN(C(=O)c2ccc(F)cc2F)C1. The zero-order valence-electron chi connectivity index (χ0n) is 15.1. The fraction of sp³-hybridized carbons (Fsp3) is 0.588. The molecule has 2 heterocycles. The van der Waals surface area contributed by atoms with Crippen molar-refractivity contribution in [1.29, 1.82) is 0 Å². The molecule has 2 saturated heterocycles. The van der Waals surface area contributed by atoms with Crippen LogP contribution in [0.3, 0.4) is 0 Å². The van der Waals surface area contributed by atoms with E-state index < -0.39 is 27.6 Å². The Morgan fingerprint density at radius 3 is 2.52 bits per heavy atom. The molecule has 27 heavy (non-hydrogen) atoms. The first kappa shape index (κ1) is 20.1. The van der Waals surface area contributed by atoms with Crippen molar-refractivity contribution in [1.82, 2.24) is 14.1 Å². The summed E-state index contributed by atoms with van der Waals surface area (Å²) in [6, 6.07) is 2.45. The molecule has 7 nitrogen and oxygen atoms in total. The van der Waals surface area contributed by atoms with Gasteiger partial charge in [-0.3, -0.25) is 9.69 Å². The Bertz CT molecular complexity index is 793. The number of benzene rings is 1. The molecule has 2 fully saturated rings. The summed E-state index contributed by atoms with van der Waals surface area (Å²) in [6.45, 7) is 4.08. The first-order valence-electron chi connectivity index (χ1n) is 8.77. The van der Waals surface area contributed by atoms with Crippen molar-refractivity contribution >= 4 is 15.9 Å². The summed E-state index contributed by atoms with van der Waals surface area (Å²) in [6.07, 6.45) is 1.15. The lowest BCUT2D eigenvalue weighted by molar-refractivity contribution is 0.0268. The molecule has 10 heteroatoms. The van der Waals surface area contributed by atoms with Crippen LogP contribution in [-0.4, -0.2) is 93.2 Å². The Morgan fingerprint density at radius 1 is 1.26 bits per heavy atom. The number of likely N-dealkylation sites (tertiary alicyclic amines) is 1.